The molecule has 0 aromatic carbocycles. The van der Waals surface area contributed by atoms with Crippen LogP contribution in [-0.4, -0.2) is 5.60 Å². The molecule has 0 aliphatic carbocycles. The summed E-state index contributed by atoms with van der Waals surface area (Å²) in [6, 6.07) is 0. The Morgan fingerprint density at radius 3 is 2.27 bits per heavy atom. The van der Waals surface area contributed by atoms with Crippen LogP contribution in [0.1, 0.15) is 26.7 Å². The van der Waals surface area contributed by atoms with Gasteiger partial charge >= 0.3 is 37.7 Å². The third-order valence-electron chi connectivity index (χ3n) is 1.36. The summed E-state index contributed by atoms with van der Waals surface area (Å²) < 4.78 is 0. The van der Waals surface area contributed by atoms with E-state index >= 15 is 0 Å². The predicted octanol–water partition coefficient (Wildman–Crippen LogP) is -4.70. The molecular formula is C8H14Li2O. The monoisotopic (exact) mass is 140 g/mol. The first-order valence-electron chi connectivity index (χ1n) is 3.24. The smallest absolute Gasteiger partial charge is 0.847 e. The summed E-state index contributed by atoms with van der Waals surface area (Å²) in [5, 5.41) is 11.1. The molecule has 0 saturated heterocycles. The largest absolute Gasteiger partial charge is 1.00 e. The molecule has 54 valence electrons. The van der Waals surface area contributed by atoms with Gasteiger partial charge in [0.15, 0.2) is 0 Å². The van der Waals surface area contributed by atoms with Gasteiger partial charge in [0.05, 0.1) is 0 Å². The van der Waals surface area contributed by atoms with Crippen molar-refractivity contribution < 1.29 is 42.8 Å². The molecule has 0 heterocycles. The fraction of sp³-hybridized carbons (Fsp3) is 0.625. The zero-order valence-corrected chi connectivity index (χ0v) is 8.18. The molecule has 0 aliphatic heterocycles. The van der Waals surface area contributed by atoms with Crippen LogP contribution in [0.2, 0.25) is 0 Å². The zero-order valence-electron chi connectivity index (χ0n) is 8.18. The molecular weight excluding hydrogens is 126 g/mol. The maximum atomic E-state index is 11.1. The Morgan fingerprint density at radius 2 is 2.00 bits per heavy atom. The molecule has 0 spiro atoms. The standard InChI is InChI=1S/C8H14O.2Li/c1-4-6-7-8(3,9)5-2;;/h4-5H,2,6-7H2,1,3H3;;/q-2;2*+1. The first kappa shape index (κ1) is 17.8. The van der Waals surface area contributed by atoms with Gasteiger partial charge in [0, 0.05) is 0 Å². The van der Waals surface area contributed by atoms with Gasteiger partial charge in [-0.3, -0.25) is 0 Å². The fourth-order valence-electron chi connectivity index (χ4n) is 0.533. The quantitative estimate of drug-likeness (QED) is 0.218. The van der Waals surface area contributed by atoms with E-state index in [2.05, 4.69) is 6.58 Å². The van der Waals surface area contributed by atoms with Crippen LogP contribution in [0.25, 0.3) is 0 Å². The summed E-state index contributed by atoms with van der Waals surface area (Å²) in [6.07, 6.45) is 5.01. The SMILES string of the molecule is C=CC(C)([O-])CC[CH-]C.[Li+].[Li+]. The number of hydrogen-bond acceptors (Lipinski definition) is 1. The second kappa shape index (κ2) is 8.99. The number of unbranched alkanes of at least 4 members (excludes halogenated alkanes) is 1. The van der Waals surface area contributed by atoms with Gasteiger partial charge in [0.25, 0.3) is 0 Å². The first-order chi connectivity index (χ1) is 4.12. The van der Waals surface area contributed by atoms with Crippen molar-refractivity contribution in [2.45, 2.75) is 32.3 Å². The number of rotatable bonds is 4. The Hall–Kier alpha value is 0.895. The first-order valence-corrected chi connectivity index (χ1v) is 3.24. The molecule has 0 fully saturated rings. The van der Waals surface area contributed by atoms with Crippen molar-refractivity contribution in [1.82, 2.24) is 0 Å². The molecule has 0 amide bonds. The summed E-state index contributed by atoms with van der Waals surface area (Å²) in [6.45, 7) is 7.07. The molecule has 0 saturated carbocycles. The molecule has 0 rings (SSSR count). The molecule has 0 bridgehead atoms. The van der Waals surface area contributed by atoms with Crippen LogP contribution >= 0.6 is 0 Å². The Labute approximate surface area is 94.0 Å². The van der Waals surface area contributed by atoms with E-state index in [0.29, 0.717) is 6.42 Å². The Kier molecular flexibility index (Phi) is 14.6. The van der Waals surface area contributed by atoms with E-state index in [9.17, 15) is 5.11 Å². The van der Waals surface area contributed by atoms with Crippen LogP contribution in [0.3, 0.4) is 0 Å². The van der Waals surface area contributed by atoms with Gasteiger partial charge in [-0.1, -0.05) is 13.3 Å². The minimum absolute atomic E-state index is 0. The van der Waals surface area contributed by atoms with Gasteiger partial charge in [-0.05, 0) is 0 Å². The molecule has 3 heteroatoms. The van der Waals surface area contributed by atoms with Crippen molar-refractivity contribution in [2.24, 2.45) is 0 Å². The van der Waals surface area contributed by atoms with Crippen LogP contribution in [0.4, 0.5) is 0 Å². The molecule has 0 N–H and O–H groups in total. The molecule has 0 aromatic heterocycles. The third kappa shape index (κ3) is 10.9. The van der Waals surface area contributed by atoms with Crippen LogP contribution < -0.4 is 42.8 Å². The van der Waals surface area contributed by atoms with Crippen molar-refractivity contribution in [3.05, 3.63) is 19.1 Å². The van der Waals surface area contributed by atoms with Crippen LogP contribution in [0, 0.1) is 6.42 Å². The van der Waals surface area contributed by atoms with Crippen molar-refractivity contribution in [3.63, 3.8) is 0 Å². The van der Waals surface area contributed by atoms with E-state index in [4.69, 9.17) is 0 Å². The minimum atomic E-state index is -0.924. The second-order valence-corrected chi connectivity index (χ2v) is 2.46. The zero-order chi connectivity index (χ0) is 7.33. The van der Waals surface area contributed by atoms with Crippen molar-refractivity contribution >= 4 is 0 Å². The average Bonchev–Trinajstić information content (AvgIpc) is 1.84. The van der Waals surface area contributed by atoms with Gasteiger partial charge in [0.2, 0.25) is 0 Å². The minimum Gasteiger partial charge on any atom is -0.847 e. The van der Waals surface area contributed by atoms with E-state index in [1.54, 1.807) is 6.92 Å². The van der Waals surface area contributed by atoms with E-state index in [0.717, 1.165) is 6.42 Å². The van der Waals surface area contributed by atoms with Crippen molar-refractivity contribution in [2.75, 3.05) is 0 Å². The summed E-state index contributed by atoms with van der Waals surface area (Å²) in [5.41, 5.74) is -0.924. The van der Waals surface area contributed by atoms with Gasteiger partial charge in [-0.2, -0.15) is 13.3 Å². The molecule has 1 unspecified atom stereocenters. The van der Waals surface area contributed by atoms with Crippen molar-refractivity contribution in [1.29, 1.82) is 0 Å². The maximum Gasteiger partial charge on any atom is 1.00 e. The topological polar surface area (TPSA) is 23.1 Å². The summed E-state index contributed by atoms with van der Waals surface area (Å²) in [7, 11) is 0. The fourth-order valence-corrected chi connectivity index (χ4v) is 0.533. The van der Waals surface area contributed by atoms with E-state index in [1.807, 2.05) is 13.3 Å². The molecule has 0 radical (unpaired) electrons. The van der Waals surface area contributed by atoms with E-state index < -0.39 is 5.60 Å². The normalized spacial score (nSPS) is 13.7. The molecule has 1 atom stereocenters. The molecule has 0 aliphatic rings. The second-order valence-electron chi connectivity index (χ2n) is 2.46. The molecule has 0 aromatic rings. The Bertz CT molecular complexity index is 92.1. The van der Waals surface area contributed by atoms with E-state index in [1.165, 1.54) is 6.08 Å². The maximum absolute atomic E-state index is 11.1. The molecule has 1 nitrogen and oxygen atoms in total. The van der Waals surface area contributed by atoms with E-state index in [-0.39, 0.29) is 37.7 Å². The van der Waals surface area contributed by atoms with Gasteiger partial charge in [0.1, 0.15) is 0 Å². The summed E-state index contributed by atoms with van der Waals surface area (Å²) >= 11 is 0. The van der Waals surface area contributed by atoms with Crippen LogP contribution in [0.15, 0.2) is 12.7 Å². The summed E-state index contributed by atoms with van der Waals surface area (Å²) in [4.78, 5) is 0. The average molecular weight is 140 g/mol. The third-order valence-corrected chi connectivity index (χ3v) is 1.36. The molecule has 11 heavy (non-hydrogen) atoms. The predicted molar refractivity (Wildman–Crippen MR) is 37.8 cm³/mol. The number of hydrogen-bond donors (Lipinski definition) is 0. The van der Waals surface area contributed by atoms with Crippen LogP contribution in [0.5, 0.6) is 0 Å². The van der Waals surface area contributed by atoms with Gasteiger partial charge in [-0.25, -0.2) is 0 Å². The van der Waals surface area contributed by atoms with Gasteiger partial charge < -0.3 is 11.5 Å². The summed E-state index contributed by atoms with van der Waals surface area (Å²) in [5.74, 6) is 0. The van der Waals surface area contributed by atoms with Crippen LogP contribution in [-0.2, 0) is 0 Å². The Morgan fingerprint density at radius 1 is 1.55 bits per heavy atom. The van der Waals surface area contributed by atoms with Crippen molar-refractivity contribution in [3.8, 4) is 0 Å². The van der Waals surface area contributed by atoms with Gasteiger partial charge in [-0.15, -0.1) is 18.3 Å². The Balaban J connectivity index is -0.000000320.